The summed E-state index contributed by atoms with van der Waals surface area (Å²) < 4.78 is 2.08. The summed E-state index contributed by atoms with van der Waals surface area (Å²) in [5, 5.41) is 17.6. The van der Waals surface area contributed by atoms with Crippen molar-refractivity contribution >= 4 is 0 Å². The third-order valence-electron chi connectivity index (χ3n) is 4.54. The van der Waals surface area contributed by atoms with Crippen LogP contribution < -0.4 is 5.32 Å². The molecule has 0 aliphatic carbocycles. The van der Waals surface area contributed by atoms with Gasteiger partial charge in [0.25, 0.3) is 0 Å². The average molecular weight is 314 g/mol. The molecule has 0 spiro atoms. The van der Waals surface area contributed by atoms with Crippen LogP contribution in [0, 0.1) is 0 Å². The van der Waals surface area contributed by atoms with E-state index in [0.717, 1.165) is 50.3 Å². The highest BCUT2D eigenvalue weighted by atomic mass is 16.3. The first-order chi connectivity index (χ1) is 11.1. The standard InChI is InChI=1S/C18H26N4O/c1-3-17-20-18-11-8-15(12-22(18)21-17)19-13(2)4-5-14-6-9-16(23)10-7-14/h6-7,9-10,13,15,19,23H,3-5,8,11-12H2,1-2H3/t13-,15+/m1/s1. The molecular formula is C18H26N4O. The van der Waals surface area contributed by atoms with Crippen molar-refractivity contribution in [2.24, 2.45) is 0 Å². The van der Waals surface area contributed by atoms with E-state index in [4.69, 9.17) is 0 Å². The van der Waals surface area contributed by atoms with E-state index in [2.05, 4.69) is 33.9 Å². The molecule has 0 radical (unpaired) electrons. The van der Waals surface area contributed by atoms with Crippen LogP contribution in [0.5, 0.6) is 5.75 Å². The molecule has 5 heteroatoms. The number of rotatable bonds is 6. The predicted octanol–water partition coefficient (Wildman–Crippen LogP) is 2.47. The summed E-state index contributed by atoms with van der Waals surface area (Å²) in [7, 11) is 0. The molecule has 1 aromatic heterocycles. The average Bonchev–Trinajstić information content (AvgIpc) is 2.97. The number of phenols is 1. The monoisotopic (exact) mass is 314 g/mol. The van der Waals surface area contributed by atoms with Crippen molar-refractivity contribution in [2.45, 2.75) is 64.6 Å². The molecule has 23 heavy (non-hydrogen) atoms. The number of hydrogen-bond donors (Lipinski definition) is 2. The van der Waals surface area contributed by atoms with Gasteiger partial charge >= 0.3 is 0 Å². The van der Waals surface area contributed by atoms with E-state index in [1.807, 2.05) is 12.1 Å². The molecule has 0 amide bonds. The Morgan fingerprint density at radius 3 is 2.87 bits per heavy atom. The zero-order chi connectivity index (χ0) is 16.2. The van der Waals surface area contributed by atoms with Gasteiger partial charge in [0.15, 0.2) is 5.82 Å². The van der Waals surface area contributed by atoms with Crippen LogP contribution in [0.3, 0.4) is 0 Å². The Labute approximate surface area is 137 Å². The fourth-order valence-electron chi connectivity index (χ4n) is 3.18. The maximum absolute atomic E-state index is 9.32. The molecule has 0 fully saturated rings. The Balaban J connectivity index is 1.48. The van der Waals surface area contributed by atoms with E-state index >= 15 is 0 Å². The molecule has 2 atom stereocenters. The van der Waals surface area contributed by atoms with E-state index < -0.39 is 0 Å². The minimum Gasteiger partial charge on any atom is -0.508 e. The van der Waals surface area contributed by atoms with Gasteiger partial charge in [-0.25, -0.2) is 9.67 Å². The molecule has 0 unspecified atom stereocenters. The molecule has 5 nitrogen and oxygen atoms in total. The largest absolute Gasteiger partial charge is 0.508 e. The lowest BCUT2D eigenvalue weighted by atomic mass is 10.0. The highest BCUT2D eigenvalue weighted by molar-refractivity contribution is 5.25. The summed E-state index contributed by atoms with van der Waals surface area (Å²) >= 11 is 0. The van der Waals surface area contributed by atoms with E-state index in [0.29, 0.717) is 17.8 Å². The Morgan fingerprint density at radius 1 is 1.35 bits per heavy atom. The molecule has 1 aromatic carbocycles. The van der Waals surface area contributed by atoms with E-state index in [1.54, 1.807) is 12.1 Å². The first-order valence-electron chi connectivity index (χ1n) is 8.60. The van der Waals surface area contributed by atoms with E-state index in [9.17, 15) is 5.11 Å². The first kappa shape index (κ1) is 16.0. The van der Waals surface area contributed by atoms with Crippen molar-refractivity contribution < 1.29 is 5.11 Å². The summed E-state index contributed by atoms with van der Waals surface area (Å²) in [5.74, 6) is 2.43. The van der Waals surface area contributed by atoms with Gasteiger partial charge in [-0.1, -0.05) is 19.1 Å². The number of hydrogen-bond acceptors (Lipinski definition) is 4. The van der Waals surface area contributed by atoms with Gasteiger partial charge < -0.3 is 10.4 Å². The molecule has 0 saturated heterocycles. The zero-order valence-electron chi connectivity index (χ0n) is 14.0. The Morgan fingerprint density at radius 2 is 2.13 bits per heavy atom. The highest BCUT2D eigenvalue weighted by Crippen LogP contribution is 2.15. The van der Waals surface area contributed by atoms with Gasteiger partial charge in [0.2, 0.25) is 0 Å². The third-order valence-corrected chi connectivity index (χ3v) is 4.54. The van der Waals surface area contributed by atoms with Crippen molar-refractivity contribution in [1.82, 2.24) is 20.1 Å². The summed E-state index contributed by atoms with van der Waals surface area (Å²) in [6.45, 7) is 5.27. The number of fused-ring (bicyclic) bond motifs is 1. The summed E-state index contributed by atoms with van der Waals surface area (Å²) in [5.41, 5.74) is 1.27. The summed E-state index contributed by atoms with van der Waals surface area (Å²) in [6.07, 6.45) is 5.16. The molecule has 0 saturated carbocycles. The molecule has 1 aliphatic rings. The number of aromatic hydroxyl groups is 1. The molecular weight excluding hydrogens is 288 g/mol. The predicted molar refractivity (Wildman–Crippen MR) is 90.5 cm³/mol. The van der Waals surface area contributed by atoms with Gasteiger partial charge in [-0.15, -0.1) is 0 Å². The Kier molecular flexibility index (Phi) is 4.96. The normalized spacial score (nSPS) is 18.6. The molecule has 1 aliphatic heterocycles. The van der Waals surface area contributed by atoms with Gasteiger partial charge in [0.1, 0.15) is 11.6 Å². The number of aryl methyl sites for hydroxylation is 3. The van der Waals surface area contributed by atoms with Crippen molar-refractivity contribution in [2.75, 3.05) is 0 Å². The first-order valence-corrected chi connectivity index (χ1v) is 8.60. The van der Waals surface area contributed by atoms with Crippen LogP contribution in [0.4, 0.5) is 0 Å². The number of aromatic nitrogens is 3. The van der Waals surface area contributed by atoms with E-state index in [1.165, 1.54) is 5.56 Å². The van der Waals surface area contributed by atoms with Crippen molar-refractivity contribution in [1.29, 1.82) is 0 Å². The van der Waals surface area contributed by atoms with Crippen LogP contribution in [-0.4, -0.2) is 32.0 Å². The van der Waals surface area contributed by atoms with Crippen LogP contribution in [0.25, 0.3) is 0 Å². The Hall–Kier alpha value is -1.88. The molecule has 2 N–H and O–H groups in total. The zero-order valence-corrected chi connectivity index (χ0v) is 14.0. The topological polar surface area (TPSA) is 63.0 Å². The quantitative estimate of drug-likeness (QED) is 0.860. The smallest absolute Gasteiger partial charge is 0.150 e. The van der Waals surface area contributed by atoms with Gasteiger partial charge in [-0.3, -0.25) is 0 Å². The number of phenolic OH excluding ortho intramolecular Hbond substituents is 1. The minimum atomic E-state index is 0.331. The Bertz CT molecular complexity index is 635. The number of nitrogens with zero attached hydrogens (tertiary/aromatic N) is 3. The van der Waals surface area contributed by atoms with Crippen molar-refractivity contribution in [3.05, 3.63) is 41.5 Å². The van der Waals surface area contributed by atoms with Gasteiger partial charge in [0.05, 0.1) is 6.54 Å². The molecule has 124 valence electrons. The lowest BCUT2D eigenvalue weighted by molar-refractivity contribution is 0.325. The molecule has 2 heterocycles. The molecule has 2 aromatic rings. The minimum absolute atomic E-state index is 0.331. The second-order valence-electron chi connectivity index (χ2n) is 6.49. The van der Waals surface area contributed by atoms with Crippen LogP contribution in [-0.2, 0) is 25.8 Å². The number of benzene rings is 1. The molecule has 3 rings (SSSR count). The fraction of sp³-hybridized carbons (Fsp3) is 0.556. The summed E-state index contributed by atoms with van der Waals surface area (Å²) in [6, 6.07) is 8.44. The van der Waals surface area contributed by atoms with Crippen molar-refractivity contribution in [3.8, 4) is 5.75 Å². The SMILES string of the molecule is CCc1nc2n(n1)C[C@@H](N[C@H](C)CCc1ccc(O)cc1)CC2. The lowest BCUT2D eigenvalue weighted by Gasteiger charge is -2.27. The second kappa shape index (κ2) is 7.13. The van der Waals surface area contributed by atoms with Crippen LogP contribution in [0.1, 0.15) is 43.9 Å². The fourth-order valence-corrected chi connectivity index (χ4v) is 3.18. The number of nitrogens with one attached hydrogen (secondary N) is 1. The van der Waals surface area contributed by atoms with Gasteiger partial charge in [0, 0.05) is 24.9 Å². The van der Waals surface area contributed by atoms with Crippen LogP contribution in [0.15, 0.2) is 24.3 Å². The maximum Gasteiger partial charge on any atom is 0.150 e. The maximum atomic E-state index is 9.32. The highest BCUT2D eigenvalue weighted by Gasteiger charge is 2.22. The van der Waals surface area contributed by atoms with Gasteiger partial charge in [-0.2, -0.15) is 5.10 Å². The van der Waals surface area contributed by atoms with Crippen LogP contribution in [0.2, 0.25) is 0 Å². The summed E-state index contributed by atoms with van der Waals surface area (Å²) in [4.78, 5) is 4.57. The second-order valence-corrected chi connectivity index (χ2v) is 6.49. The van der Waals surface area contributed by atoms with Crippen molar-refractivity contribution in [3.63, 3.8) is 0 Å². The van der Waals surface area contributed by atoms with Crippen LogP contribution >= 0.6 is 0 Å². The van der Waals surface area contributed by atoms with Gasteiger partial charge in [-0.05, 0) is 43.9 Å². The van der Waals surface area contributed by atoms with E-state index in [-0.39, 0.29) is 0 Å². The lowest BCUT2D eigenvalue weighted by Crippen LogP contribution is -2.42. The third kappa shape index (κ3) is 4.10. The molecule has 0 bridgehead atoms.